The Kier molecular flexibility index (Phi) is 2.98. The van der Waals surface area contributed by atoms with Crippen LogP contribution in [0.5, 0.6) is 0 Å². The Bertz CT molecular complexity index is 621. The number of rotatable bonds is 3. The summed E-state index contributed by atoms with van der Waals surface area (Å²) in [4.78, 5) is 0. The first kappa shape index (κ1) is 11.5. The highest BCUT2D eigenvalue weighted by atomic mass is 79.9. The molecule has 16 heavy (non-hydrogen) atoms. The summed E-state index contributed by atoms with van der Waals surface area (Å²) in [5.41, 5.74) is 1.58. The molecule has 5 nitrogen and oxygen atoms in total. The van der Waals surface area contributed by atoms with Gasteiger partial charge in [-0.1, -0.05) is 11.3 Å². The van der Waals surface area contributed by atoms with Crippen LogP contribution in [-0.4, -0.2) is 35.4 Å². The van der Waals surface area contributed by atoms with Crippen LogP contribution >= 0.6 is 15.9 Å². The van der Waals surface area contributed by atoms with Gasteiger partial charge in [-0.25, -0.2) is 13.1 Å². The minimum Gasteiger partial charge on any atom is -0.242 e. The summed E-state index contributed by atoms with van der Waals surface area (Å²) in [7, 11) is -2.99. The molecule has 0 unspecified atom stereocenters. The molecule has 0 atom stereocenters. The predicted octanol–water partition coefficient (Wildman–Crippen LogP) is 1.24. The molecule has 0 aliphatic heterocycles. The Hall–Kier alpha value is -0.950. The van der Waals surface area contributed by atoms with E-state index in [0.717, 1.165) is 15.5 Å². The van der Waals surface area contributed by atoms with Gasteiger partial charge in [-0.15, -0.1) is 5.10 Å². The summed E-state index contributed by atoms with van der Waals surface area (Å²) < 4.78 is 24.6. The Morgan fingerprint density at radius 3 is 2.88 bits per heavy atom. The van der Waals surface area contributed by atoms with Gasteiger partial charge in [0.05, 0.1) is 12.3 Å². The van der Waals surface area contributed by atoms with Crippen molar-refractivity contribution in [1.29, 1.82) is 0 Å². The number of hydrogen-bond donors (Lipinski definition) is 0. The van der Waals surface area contributed by atoms with Gasteiger partial charge in [0.2, 0.25) is 0 Å². The van der Waals surface area contributed by atoms with Gasteiger partial charge < -0.3 is 0 Å². The number of para-hydroxylation sites is 1. The fourth-order valence-corrected chi connectivity index (χ4v) is 2.46. The van der Waals surface area contributed by atoms with Crippen molar-refractivity contribution in [2.45, 2.75) is 6.54 Å². The van der Waals surface area contributed by atoms with E-state index in [1.54, 1.807) is 4.68 Å². The summed E-state index contributed by atoms with van der Waals surface area (Å²) in [5.74, 6) is 0.0623. The van der Waals surface area contributed by atoms with Crippen LogP contribution < -0.4 is 0 Å². The van der Waals surface area contributed by atoms with Crippen molar-refractivity contribution >= 4 is 36.8 Å². The maximum atomic E-state index is 11.1. The number of sulfone groups is 1. The second-order valence-corrected chi connectivity index (χ2v) is 6.66. The predicted molar refractivity (Wildman–Crippen MR) is 64.9 cm³/mol. The zero-order valence-electron chi connectivity index (χ0n) is 8.59. The van der Waals surface area contributed by atoms with Crippen LogP contribution in [0, 0.1) is 0 Å². The summed E-state index contributed by atoms with van der Waals surface area (Å²) in [6, 6.07) is 5.58. The number of hydrogen-bond acceptors (Lipinski definition) is 4. The third kappa shape index (κ3) is 2.41. The van der Waals surface area contributed by atoms with Gasteiger partial charge in [0, 0.05) is 10.7 Å². The SMILES string of the molecule is CS(=O)(=O)CCn1nnc2cccc(Br)c21. The van der Waals surface area contributed by atoms with Crippen molar-refractivity contribution < 1.29 is 8.42 Å². The van der Waals surface area contributed by atoms with Gasteiger partial charge in [0.25, 0.3) is 0 Å². The van der Waals surface area contributed by atoms with Crippen molar-refractivity contribution in [2.75, 3.05) is 12.0 Å². The molecule has 7 heteroatoms. The second kappa shape index (κ2) is 4.14. The Balaban J connectivity index is 2.39. The lowest BCUT2D eigenvalue weighted by atomic mass is 10.3. The molecule has 0 spiro atoms. The minimum absolute atomic E-state index is 0.0623. The number of halogens is 1. The monoisotopic (exact) mass is 303 g/mol. The van der Waals surface area contributed by atoms with Crippen LogP contribution in [0.2, 0.25) is 0 Å². The number of aromatic nitrogens is 3. The smallest absolute Gasteiger partial charge is 0.149 e. The first-order valence-corrected chi connectivity index (χ1v) is 7.48. The second-order valence-electron chi connectivity index (χ2n) is 3.55. The molecule has 0 fully saturated rings. The fourth-order valence-electron chi connectivity index (χ4n) is 1.40. The van der Waals surface area contributed by atoms with Crippen LogP contribution in [0.4, 0.5) is 0 Å². The normalized spacial score (nSPS) is 12.1. The quantitative estimate of drug-likeness (QED) is 0.856. The molecule has 0 bridgehead atoms. The van der Waals surface area contributed by atoms with Crippen LogP contribution in [0.1, 0.15) is 0 Å². The molecule has 1 aromatic carbocycles. The molecule has 0 radical (unpaired) electrons. The van der Waals surface area contributed by atoms with Crippen LogP contribution in [0.25, 0.3) is 11.0 Å². The number of nitrogens with zero attached hydrogens (tertiary/aromatic N) is 3. The largest absolute Gasteiger partial charge is 0.242 e. The molecule has 0 N–H and O–H groups in total. The standard InChI is InChI=1S/C9H10BrN3O2S/c1-16(14,15)6-5-13-9-7(10)3-2-4-8(9)11-12-13/h2-4H,5-6H2,1H3. The average molecular weight is 304 g/mol. The summed E-state index contributed by atoms with van der Waals surface area (Å²) in [5, 5.41) is 7.90. The molecule has 2 aromatic rings. The van der Waals surface area contributed by atoms with Crippen molar-refractivity contribution in [3.63, 3.8) is 0 Å². The first-order chi connectivity index (χ1) is 7.47. The topological polar surface area (TPSA) is 64.8 Å². The molecule has 1 heterocycles. The average Bonchev–Trinajstić information content (AvgIpc) is 2.58. The lowest BCUT2D eigenvalue weighted by Crippen LogP contribution is -2.12. The van der Waals surface area contributed by atoms with Gasteiger partial charge >= 0.3 is 0 Å². The molecule has 0 saturated carbocycles. The van der Waals surface area contributed by atoms with Crippen LogP contribution in [0.15, 0.2) is 22.7 Å². The van der Waals surface area contributed by atoms with E-state index in [4.69, 9.17) is 0 Å². The lowest BCUT2D eigenvalue weighted by molar-refractivity contribution is 0.584. The molecule has 0 amide bonds. The van der Waals surface area contributed by atoms with E-state index in [1.165, 1.54) is 6.26 Å². The van der Waals surface area contributed by atoms with Gasteiger partial charge in [0.15, 0.2) is 0 Å². The van der Waals surface area contributed by atoms with Crippen molar-refractivity contribution in [1.82, 2.24) is 15.0 Å². The highest BCUT2D eigenvalue weighted by Crippen LogP contribution is 2.21. The Morgan fingerprint density at radius 1 is 1.44 bits per heavy atom. The van der Waals surface area contributed by atoms with E-state index in [0.29, 0.717) is 6.54 Å². The van der Waals surface area contributed by atoms with Crippen molar-refractivity contribution in [2.24, 2.45) is 0 Å². The van der Waals surface area contributed by atoms with Gasteiger partial charge in [-0.05, 0) is 28.1 Å². The maximum Gasteiger partial charge on any atom is 0.149 e. The van der Waals surface area contributed by atoms with E-state index in [-0.39, 0.29) is 5.75 Å². The number of benzene rings is 1. The molecular weight excluding hydrogens is 294 g/mol. The maximum absolute atomic E-state index is 11.1. The highest BCUT2D eigenvalue weighted by Gasteiger charge is 2.09. The Morgan fingerprint density at radius 2 is 2.19 bits per heavy atom. The van der Waals surface area contributed by atoms with Gasteiger partial charge in [0.1, 0.15) is 20.9 Å². The number of aryl methyl sites for hydroxylation is 1. The van der Waals surface area contributed by atoms with E-state index in [1.807, 2.05) is 18.2 Å². The fraction of sp³-hybridized carbons (Fsp3) is 0.333. The van der Waals surface area contributed by atoms with Crippen molar-refractivity contribution in [3.8, 4) is 0 Å². The van der Waals surface area contributed by atoms with E-state index in [9.17, 15) is 8.42 Å². The van der Waals surface area contributed by atoms with E-state index < -0.39 is 9.84 Å². The van der Waals surface area contributed by atoms with Crippen LogP contribution in [0.3, 0.4) is 0 Å². The Labute approximate surface area is 101 Å². The molecule has 86 valence electrons. The molecule has 2 rings (SSSR count). The third-order valence-electron chi connectivity index (χ3n) is 2.16. The van der Waals surface area contributed by atoms with E-state index >= 15 is 0 Å². The third-order valence-corrected chi connectivity index (χ3v) is 3.72. The van der Waals surface area contributed by atoms with Gasteiger partial charge in [-0.2, -0.15) is 0 Å². The van der Waals surface area contributed by atoms with Gasteiger partial charge in [-0.3, -0.25) is 0 Å². The lowest BCUT2D eigenvalue weighted by Gasteiger charge is -2.02. The molecule has 0 aliphatic carbocycles. The highest BCUT2D eigenvalue weighted by molar-refractivity contribution is 9.10. The summed E-state index contributed by atoms with van der Waals surface area (Å²) in [6.07, 6.45) is 1.21. The van der Waals surface area contributed by atoms with Crippen molar-refractivity contribution in [3.05, 3.63) is 22.7 Å². The van der Waals surface area contributed by atoms with Crippen LogP contribution in [-0.2, 0) is 16.4 Å². The molecule has 0 saturated heterocycles. The molecule has 1 aromatic heterocycles. The first-order valence-electron chi connectivity index (χ1n) is 4.63. The zero-order valence-corrected chi connectivity index (χ0v) is 11.0. The minimum atomic E-state index is -2.99. The zero-order chi connectivity index (χ0) is 11.8. The summed E-state index contributed by atoms with van der Waals surface area (Å²) in [6.45, 7) is 0.317. The number of fused-ring (bicyclic) bond motifs is 1. The molecule has 0 aliphatic rings. The summed E-state index contributed by atoms with van der Waals surface area (Å²) >= 11 is 3.40. The van der Waals surface area contributed by atoms with E-state index in [2.05, 4.69) is 26.2 Å². The molecular formula is C9H10BrN3O2S.